The first-order chi connectivity index (χ1) is 10.8. The van der Waals surface area contributed by atoms with Crippen molar-refractivity contribution in [1.29, 1.82) is 0 Å². The highest BCUT2D eigenvalue weighted by Crippen LogP contribution is 2.15. The van der Waals surface area contributed by atoms with Crippen molar-refractivity contribution in [1.82, 2.24) is 5.32 Å². The molecule has 0 spiro atoms. The number of benzene rings is 1. The Kier molecular flexibility index (Phi) is 7.91. The fraction of sp³-hybridized carbons (Fsp3) is 0.500. The zero-order valence-corrected chi connectivity index (χ0v) is 13.3. The summed E-state index contributed by atoms with van der Waals surface area (Å²) in [5.41, 5.74) is 5.51. The first kappa shape index (κ1) is 19.3. The van der Waals surface area contributed by atoms with Crippen LogP contribution in [-0.2, 0) is 11.3 Å². The molecule has 1 rings (SSSR count). The molecule has 7 heteroatoms. The van der Waals surface area contributed by atoms with E-state index in [0.29, 0.717) is 18.5 Å². The molecule has 0 aliphatic rings. The highest BCUT2D eigenvalue weighted by molar-refractivity contribution is 5.19. The van der Waals surface area contributed by atoms with Crippen LogP contribution >= 0.6 is 0 Å². The number of aliphatic hydroxyl groups is 1. The predicted molar refractivity (Wildman–Crippen MR) is 81.7 cm³/mol. The van der Waals surface area contributed by atoms with Crippen LogP contribution in [0.1, 0.15) is 25.8 Å². The number of aliphatic hydroxyl groups excluding tert-OH is 1. The number of rotatable bonds is 9. The molecule has 23 heavy (non-hydrogen) atoms. The van der Waals surface area contributed by atoms with Crippen LogP contribution in [0.3, 0.4) is 0 Å². The van der Waals surface area contributed by atoms with Gasteiger partial charge in [-0.25, -0.2) is 13.2 Å². The zero-order valence-electron chi connectivity index (χ0n) is 13.3. The highest BCUT2D eigenvalue weighted by Gasteiger charge is 2.11. The standard InChI is InChI=1S/C16H23F3N2O2/c1-10(2)3-4-21-16(6-12(20)8-22)23-9-11-5-14(18)15(19)7-13(11)17/h5-7,10,12,21-22H,3-4,8-9,20H2,1-2H3/b16-6+. The number of halogens is 3. The highest BCUT2D eigenvalue weighted by atomic mass is 19.2. The Morgan fingerprint density at radius 1 is 1.26 bits per heavy atom. The molecule has 1 aromatic rings. The largest absolute Gasteiger partial charge is 0.474 e. The summed E-state index contributed by atoms with van der Waals surface area (Å²) in [7, 11) is 0. The smallest absolute Gasteiger partial charge is 0.184 e. The van der Waals surface area contributed by atoms with Gasteiger partial charge in [0.2, 0.25) is 0 Å². The van der Waals surface area contributed by atoms with E-state index in [0.717, 1.165) is 12.5 Å². The van der Waals surface area contributed by atoms with E-state index in [2.05, 4.69) is 19.2 Å². The molecular weight excluding hydrogens is 309 g/mol. The first-order valence-corrected chi connectivity index (χ1v) is 7.41. The molecule has 0 aliphatic heterocycles. The van der Waals surface area contributed by atoms with Crippen molar-refractivity contribution in [2.45, 2.75) is 32.9 Å². The summed E-state index contributed by atoms with van der Waals surface area (Å²) < 4.78 is 45.0. The molecule has 0 aromatic heterocycles. The molecule has 0 radical (unpaired) electrons. The van der Waals surface area contributed by atoms with E-state index in [1.54, 1.807) is 0 Å². The Bertz CT molecular complexity index is 536. The lowest BCUT2D eigenvalue weighted by atomic mass is 10.1. The Balaban J connectivity index is 2.73. The molecule has 0 amide bonds. The molecule has 1 aromatic carbocycles. The molecule has 0 bridgehead atoms. The minimum absolute atomic E-state index is 0.113. The average Bonchev–Trinajstić information content (AvgIpc) is 2.48. The van der Waals surface area contributed by atoms with Crippen molar-refractivity contribution in [3.63, 3.8) is 0 Å². The van der Waals surface area contributed by atoms with Crippen LogP contribution < -0.4 is 11.1 Å². The number of nitrogens with one attached hydrogen (secondary N) is 1. The van der Waals surface area contributed by atoms with Crippen molar-refractivity contribution < 1.29 is 23.0 Å². The van der Waals surface area contributed by atoms with Crippen molar-refractivity contribution in [3.8, 4) is 0 Å². The lowest BCUT2D eigenvalue weighted by Gasteiger charge is -2.16. The number of hydrogen-bond acceptors (Lipinski definition) is 4. The summed E-state index contributed by atoms with van der Waals surface area (Å²) in [5.74, 6) is -2.55. The van der Waals surface area contributed by atoms with E-state index >= 15 is 0 Å². The minimum atomic E-state index is -1.25. The van der Waals surface area contributed by atoms with E-state index in [9.17, 15) is 13.2 Å². The third kappa shape index (κ3) is 6.92. The van der Waals surface area contributed by atoms with Gasteiger partial charge in [0.25, 0.3) is 0 Å². The molecule has 1 atom stereocenters. The van der Waals surface area contributed by atoms with Crippen molar-refractivity contribution in [3.05, 3.63) is 47.1 Å². The molecule has 1 unspecified atom stereocenters. The SMILES string of the molecule is CC(C)CCN/C(=C\C(N)CO)OCc1cc(F)c(F)cc1F. The summed E-state index contributed by atoms with van der Waals surface area (Å²) in [4.78, 5) is 0. The molecule has 0 heterocycles. The lowest BCUT2D eigenvalue weighted by Crippen LogP contribution is -2.26. The Labute approximate surface area is 134 Å². The molecule has 0 fully saturated rings. The van der Waals surface area contributed by atoms with Gasteiger partial charge in [0.15, 0.2) is 17.5 Å². The van der Waals surface area contributed by atoms with Gasteiger partial charge < -0.3 is 20.9 Å². The molecule has 0 saturated carbocycles. The molecule has 130 valence electrons. The lowest BCUT2D eigenvalue weighted by molar-refractivity contribution is 0.169. The number of ether oxygens (including phenoxy) is 1. The summed E-state index contributed by atoms with van der Waals surface area (Å²) in [6.07, 6.45) is 2.33. The van der Waals surface area contributed by atoms with Crippen LogP contribution in [0.25, 0.3) is 0 Å². The van der Waals surface area contributed by atoms with E-state index < -0.39 is 23.5 Å². The zero-order chi connectivity index (χ0) is 17.4. The van der Waals surface area contributed by atoms with Gasteiger partial charge >= 0.3 is 0 Å². The molecular formula is C16H23F3N2O2. The Morgan fingerprint density at radius 2 is 1.91 bits per heavy atom. The third-order valence-electron chi connectivity index (χ3n) is 3.07. The van der Waals surface area contributed by atoms with Crippen molar-refractivity contribution in [2.75, 3.05) is 13.2 Å². The van der Waals surface area contributed by atoms with Crippen molar-refractivity contribution >= 4 is 0 Å². The quantitative estimate of drug-likeness (QED) is 0.480. The van der Waals surface area contributed by atoms with E-state index in [-0.39, 0.29) is 24.7 Å². The number of nitrogens with two attached hydrogens (primary N) is 1. The average molecular weight is 332 g/mol. The van der Waals surface area contributed by atoms with Crippen LogP contribution in [-0.4, -0.2) is 24.3 Å². The summed E-state index contributed by atoms with van der Waals surface area (Å²) in [6.45, 7) is 4.14. The van der Waals surface area contributed by atoms with Gasteiger partial charge in [-0.1, -0.05) is 13.8 Å². The molecule has 0 aliphatic carbocycles. The molecule has 4 nitrogen and oxygen atoms in total. The maximum atomic E-state index is 13.6. The number of hydrogen-bond donors (Lipinski definition) is 3. The topological polar surface area (TPSA) is 67.5 Å². The van der Waals surface area contributed by atoms with Crippen LogP contribution in [0.4, 0.5) is 13.2 Å². The van der Waals surface area contributed by atoms with Gasteiger partial charge in [-0.2, -0.15) is 0 Å². The van der Waals surface area contributed by atoms with Crippen LogP contribution in [0.5, 0.6) is 0 Å². The fourth-order valence-corrected chi connectivity index (χ4v) is 1.72. The molecule has 4 N–H and O–H groups in total. The summed E-state index contributed by atoms with van der Waals surface area (Å²) in [5, 5.41) is 12.0. The van der Waals surface area contributed by atoms with Gasteiger partial charge in [-0.3, -0.25) is 0 Å². The normalized spacial score (nSPS) is 13.3. The maximum absolute atomic E-state index is 13.6. The van der Waals surface area contributed by atoms with Gasteiger partial charge in [-0.05, 0) is 24.5 Å². The fourth-order valence-electron chi connectivity index (χ4n) is 1.72. The second kappa shape index (κ2) is 9.42. The van der Waals surface area contributed by atoms with Gasteiger partial charge in [0.05, 0.1) is 12.6 Å². The van der Waals surface area contributed by atoms with E-state index in [1.165, 1.54) is 6.08 Å². The third-order valence-corrected chi connectivity index (χ3v) is 3.07. The maximum Gasteiger partial charge on any atom is 0.184 e. The van der Waals surface area contributed by atoms with Crippen LogP contribution in [0.15, 0.2) is 24.1 Å². The summed E-state index contributed by atoms with van der Waals surface area (Å²) >= 11 is 0. The van der Waals surface area contributed by atoms with Crippen LogP contribution in [0, 0.1) is 23.4 Å². The molecule has 0 saturated heterocycles. The Hall–Kier alpha value is -1.73. The summed E-state index contributed by atoms with van der Waals surface area (Å²) in [6, 6.07) is 0.581. The van der Waals surface area contributed by atoms with Crippen LogP contribution in [0.2, 0.25) is 0 Å². The van der Waals surface area contributed by atoms with Gasteiger partial charge in [0.1, 0.15) is 12.4 Å². The monoisotopic (exact) mass is 332 g/mol. The van der Waals surface area contributed by atoms with E-state index in [4.69, 9.17) is 15.6 Å². The first-order valence-electron chi connectivity index (χ1n) is 7.41. The van der Waals surface area contributed by atoms with Gasteiger partial charge in [-0.15, -0.1) is 0 Å². The van der Waals surface area contributed by atoms with Crippen molar-refractivity contribution in [2.24, 2.45) is 11.7 Å². The Morgan fingerprint density at radius 3 is 2.52 bits per heavy atom. The second-order valence-electron chi connectivity index (χ2n) is 5.63. The predicted octanol–water partition coefficient (Wildman–Crippen LogP) is 2.42. The van der Waals surface area contributed by atoms with Gasteiger partial charge in [0, 0.05) is 18.2 Å². The van der Waals surface area contributed by atoms with E-state index in [1.807, 2.05) is 0 Å². The second-order valence-corrected chi connectivity index (χ2v) is 5.63. The minimum Gasteiger partial charge on any atom is -0.474 e.